The maximum Gasteiger partial charge on any atom is 0.236 e. The molecule has 0 N–H and O–H groups in total. The summed E-state index contributed by atoms with van der Waals surface area (Å²) in [5.41, 5.74) is 2.91. The van der Waals surface area contributed by atoms with Crippen LogP contribution in [-0.4, -0.2) is 10.9 Å². The minimum atomic E-state index is -0.166. The Morgan fingerprint density at radius 2 is 1.46 bits per heavy atom. The Kier molecular flexibility index (Phi) is 4.01. The summed E-state index contributed by atoms with van der Waals surface area (Å²) in [6.45, 7) is 0. The van der Waals surface area contributed by atoms with Gasteiger partial charge in [-0.25, -0.2) is 9.98 Å². The van der Waals surface area contributed by atoms with E-state index in [1.54, 1.807) is 12.3 Å². The SMILES string of the molecule is Clc1ccc(C2=N[C@@H](c3ccccc3)[C@@H](c3ccccc3)O2)nc1. The molecule has 0 aliphatic carbocycles. The smallest absolute Gasteiger partial charge is 0.236 e. The van der Waals surface area contributed by atoms with Crippen LogP contribution in [0.15, 0.2) is 84.0 Å². The van der Waals surface area contributed by atoms with Gasteiger partial charge in [-0.1, -0.05) is 72.3 Å². The van der Waals surface area contributed by atoms with Crippen LogP contribution in [0.1, 0.15) is 29.0 Å². The average Bonchev–Trinajstić information content (AvgIpc) is 3.09. The van der Waals surface area contributed by atoms with E-state index in [4.69, 9.17) is 21.3 Å². The molecule has 118 valence electrons. The quantitative estimate of drug-likeness (QED) is 0.676. The molecule has 0 saturated heterocycles. The van der Waals surface area contributed by atoms with Crippen molar-refractivity contribution in [3.05, 3.63) is 101 Å². The van der Waals surface area contributed by atoms with Crippen LogP contribution in [0, 0.1) is 0 Å². The maximum absolute atomic E-state index is 6.18. The highest BCUT2D eigenvalue weighted by atomic mass is 35.5. The third-order valence-corrected chi connectivity index (χ3v) is 4.22. The second kappa shape index (κ2) is 6.46. The maximum atomic E-state index is 6.18. The average molecular weight is 335 g/mol. The lowest BCUT2D eigenvalue weighted by molar-refractivity contribution is 0.196. The van der Waals surface area contributed by atoms with Gasteiger partial charge in [0.05, 0.1) is 5.02 Å². The van der Waals surface area contributed by atoms with Gasteiger partial charge in [0.25, 0.3) is 0 Å². The first kappa shape index (κ1) is 14.9. The number of aliphatic imine (C=N–C) groups is 1. The fourth-order valence-corrected chi connectivity index (χ4v) is 2.94. The van der Waals surface area contributed by atoms with E-state index in [0.717, 1.165) is 11.1 Å². The van der Waals surface area contributed by atoms with Crippen molar-refractivity contribution in [2.45, 2.75) is 12.1 Å². The van der Waals surface area contributed by atoms with Crippen LogP contribution >= 0.6 is 11.6 Å². The van der Waals surface area contributed by atoms with E-state index in [1.165, 1.54) is 0 Å². The van der Waals surface area contributed by atoms with Crippen molar-refractivity contribution in [1.82, 2.24) is 4.98 Å². The van der Waals surface area contributed by atoms with Gasteiger partial charge >= 0.3 is 0 Å². The lowest BCUT2D eigenvalue weighted by atomic mass is 9.97. The van der Waals surface area contributed by atoms with Crippen LogP contribution in [0.2, 0.25) is 5.02 Å². The molecule has 0 spiro atoms. The highest BCUT2D eigenvalue weighted by Crippen LogP contribution is 2.40. The van der Waals surface area contributed by atoms with E-state index in [0.29, 0.717) is 16.6 Å². The summed E-state index contributed by atoms with van der Waals surface area (Å²) in [5.74, 6) is 0.550. The number of benzene rings is 2. The molecule has 24 heavy (non-hydrogen) atoms. The zero-order valence-electron chi connectivity index (χ0n) is 12.8. The Labute approximate surface area is 145 Å². The second-order valence-electron chi connectivity index (χ2n) is 5.60. The van der Waals surface area contributed by atoms with Crippen LogP contribution < -0.4 is 0 Å². The van der Waals surface area contributed by atoms with Crippen molar-refractivity contribution >= 4 is 17.5 Å². The molecule has 0 amide bonds. The molecule has 0 bridgehead atoms. The lowest BCUT2D eigenvalue weighted by Gasteiger charge is -2.18. The molecule has 1 aliphatic heterocycles. The first-order chi connectivity index (χ1) is 11.8. The number of halogens is 1. The molecule has 1 aliphatic rings. The normalized spacial score (nSPS) is 19.6. The van der Waals surface area contributed by atoms with Gasteiger partial charge in [-0.05, 0) is 23.3 Å². The van der Waals surface area contributed by atoms with Crippen LogP contribution in [0.5, 0.6) is 0 Å². The largest absolute Gasteiger partial charge is 0.465 e. The first-order valence-corrected chi connectivity index (χ1v) is 8.15. The highest BCUT2D eigenvalue weighted by Gasteiger charge is 2.34. The molecule has 2 atom stereocenters. The number of aromatic nitrogens is 1. The summed E-state index contributed by atoms with van der Waals surface area (Å²) in [6.07, 6.45) is 1.44. The van der Waals surface area contributed by atoms with E-state index >= 15 is 0 Å². The predicted octanol–water partition coefficient (Wildman–Crippen LogP) is 4.99. The van der Waals surface area contributed by atoms with Crippen LogP contribution in [0.25, 0.3) is 0 Å². The monoisotopic (exact) mass is 334 g/mol. The Morgan fingerprint density at radius 3 is 2.08 bits per heavy atom. The van der Waals surface area contributed by atoms with Gasteiger partial charge in [0.2, 0.25) is 5.90 Å². The molecule has 0 saturated carbocycles. The van der Waals surface area contributed by atoms with Gasteiger partial charge in [-0.15, -0.1) is 0 Å². The molecule has 1 aromatic heterocycles. The first-order valence-electron chi connectivity index (χ1n) is 7.77. The van der Waals surface area contributed by atoms with Crippen LogP contribution in [0.3, 0.4) is 0 Å². The Bertz CT molecular complexity index is 848. The van der Waals surface area contributed by atoms with Gasteiger partial charge in [0, 0.05) is 6.20 Å². The predicted molar refractivity (Wildman–Crippen MR) is 95.2 cm³/mol. The van der Waals surface area contributed by atoms with E-state index < -0.39 is 0 Å². The number of ether oxygens (including phenoxy) is 1. The molecule has 0 radical (unpaired) electrons. The summed E-state index contributed by atoms with van der Waals surface area (Å²) in [7, 11) is 0. The van der Waals surface area contributed by atoms with Crippen molar-refractivity contribution in [2.75, 3.05) is 0 Å². The molecule has 0 fully saturated rings. The number of nitrogens with zero attached hydrogens (tertiary/aromatic N) is 2. The lowest BCUT2D eigenvalue weighted by Crippen LogP contribution is -2.09. The summed E-state index contributed by atoms with van der Waals surface area (Å²) in [6, 6.07) is 23.9. The zero-order valence-corrected chi connectivity index (χ0v) is 13.6. The molecule has 4 heteroatoms. The van der Waals surface area contributed by atoms with Crippen LogP contribution in [0.4, 0.5) is 0 Å². The van der Waals surface area contributed by atoms with Gasteiger partial charge in [0.15, 0.2) is 6.10 Å². The molecule has 2 heterocycles. The van der Waals surface area contributed by atoms with Gasteiger partial charge in [-0.3, -0.25) is 0 Å². The third kappa shape index (κ3) is 2.91. The van der Waals surface area contributed by atoms with Gasteiger partial charge in [-0.2, -0.15) is 0 Å². The summed E-state index contributed by atoms with van der Waals surface area (Å²) in [4.78, 5) is 9.13. The second-order valence-corrected chi connectivity index (χ2v) is 6.04. The molecule has 0 unspecified atom stereocenters. The van der Waals surface area contributed by atoms with Gasteiger partial charge < -0.3 is 4.74 Å². The third-order valence-electron chi connectivity index (χ3n) is 4.00. The number of rotatable bonds is 3. The van der Waals surface area contributed by atoms with Crippen molar-refractivity contribution in [1.29, 1.82) is 0 Å². The van der Waals surface area contributed by atoms with E-state index in [1.807, 2.05) is 42.5 Å². The summed E-state index contributed by atoms with van der Waals surface area (Å²) >= 11 is 5.92. The fourth-order valence-electron chi connectivity index (χ4n) is 2.83. The molecule has 4 rings (SSSR count). The summed E-state index contributed by atoms with van der Waals surface area (Å²) < 4.78 is 6.18. The number of pyridine rings is 1. The van der Waals surface area contributed by atoms with Crippen molar-refractivity contribution in [3.63, 3.8) is 0 Å². The molecule has 3 aromatic rings. The zero-order chi connectivity index (χ0) is 16.4. The van der Waals surface area contributed by atoms with Crippen LogP contribution in [-0.2, 0) is 4.74 Å². The fraction of sp³-hybridized carbons (Fsp3) is 0.100. The Balaban J connectivity index is 1.74. The minimum absolute atomic E-state index is 0.0962. The van der Waals surface area contributed by atoms with Crippen molar-refractivity contribution in [2.24, 2.45) is 4.99 Å². The van der Waals surface area contributed by atoms with Crippen molar-refractivity contribution < 1.29 is 4.74 Å². The minimum Gasteiger partial charge on any atom is -0.465 e. The Hall–Kier alpha value is -2.65. The van der Waals surface area contributed by atoms with E-state index in [9.17, 15) is 0 Å². The standard InChI is InChI=1S/C20H15ClN2O/c21-16-11-12-17(22-13-16)20-23-18(14-7-3-1-4-8-14)19(24-20)15-9-5-2-6-10-15/h1-13,18-19H/t18-,19+/m0/s1. The molecular formula is C20H15ClN2O. The highest BCUT2D eigenvalue weighted by molar-refractivity contribution is 6.30. The molecule has 3 nitrogen and oxygen atoms in total. The van der Waals surface area contributed by atoms with E-state index in [2.05, 4.69) is 29.2 Å². The van der Waals surface area contributed by atoms with Crippen molar-refractivity contribution in [3.8, 4) is 0 Å². The van der Waals surface area contributed by atoms with Gasteiger partial charge in [0.1, 0.15) is 11.7 Å². The number of hydrogen-bond acceptors (Lipinski definition) is 3. The molecule has 2 aromatic carbocycles. The Morgan fingerprint density at radius 1 is 0.792 bits per heavy atom. The van der Waals surface area contributed by atoms with E-state index in [-0.39, 0.29) is 12.1 Å². The summed E-state index contributed by atoms with van der Waals surface area (Å²) in [5, 5.41) is 0.594. The topological polar surface area (TPSA) is 34.5 Å². The number of hydrogen-bond donors (Lipinski definition) is 0. The molecular weight excluding hydrogens is 320 g/mol.